The lowest BCUT2D eigenvalue weighted by Gasteiger charge is -2.10. The van der Waals surface area contributed by atoms with Gasteiger partial charge in [0, 0.05) is 17.6 Å². The Hall–Kier alpha value is -2.80. The summed E-state index contributed by atoms with van der Waals surface area (Å²) < 4.78 is 7.59. The summed E-state index contributed by atoms with van der Waals surface area (Å²) in [5.41, 5.74) is 2.96. The summed E-state index contributed by atoms with van der Waals surface area (Å²) in [5.74, 6) is 0.752. The number of ether oxygens (including phenoxy) is 1. The van der Waals surface area contributed by atoms with E-state index in [2.05, 4.69) is 15.5 Å². The summed E-state index contributed by atoms with van der Waals surface area (Å²) in [5, 5.41) is 11.6. The van der Waals surface area contributed by atoms with Gasteiger partial charge in [-0.25, -0.2) is 0 Å². The molecule has 6 nitrogen and oxygen atoms in total. The van der Waals surface area contributed by atoms with Gasteiger partial charge in [-0.3, -0.25) is 4.79 Å². The van der Waals surface area contributed by atoms with Gasteiger partial charge in [0.2, 0.25) is 5.91 Å². The van der Waals surface area contributed by atoms with Gasteiger partial charge in [-0.15, -0.1) is 10.2 Å². The minimum absolute atomic E-state index is 0.0750. The van der Waals surface area contributed by atoms with E-state index >= 15 is 0 Å². The van der Waals surface area contributed by atoms with Crippen molar-refractivity contribution in [2.24, 2.45) is 7.05 Å². The Balaban J connectivity index is 1.47. The average molecular weight is 382 g/mol. The van der Waals surface area contributed by atoms with Crippen molar-refractivity contribution in [1.29, 1.82) is 0 Å². The largest absolute Gasteiger partial charge is 0.493 e. The van der Waals surface area contributed by atoms with Gasteiger partial charge in [0.15, 0.2) is 5.16 Å². The highest BCUT2D eigenvalue weighted by molar-refractivity contribution is 7.99. The predicted molar refractivity (Wildman–Crippen MR) is 106 cm³/mol. The van der Waals surface area contributed by atoms with Crippen molar-refractivity contribution in [1.82, 2.24) is 14.8 Å². The third-order valence-electron chi connectivity index (χ3n) is 3.95. The van der Waals surface area contributed by atoms with Crippen LogP contribution in [0.25, 0.3) is 0 Å². The minimum Gasteiger partial charge on any atom is -0.493 e. The maximum Gasteiger partial charge on any atom is 0.227 e. The summed E-state index contributed by atoms with van der Waals surface area (Å²) in [6.07, 6.45) is 1.96. The topological polar surface area (TPSA) is 69.0 Å². The van der Waals surface area contributed by atoms with Crippen LogP contribution in [0.5, 0.6) is 5.75 Å². The molecule has 0 unspecified atom stereocenters. The number of rotatable bonds is 7. The monoisotopic (exact) mass is 382 g/mol. The smallest absolute Gasteiger partial charge is 0.227 e. The number of nitrogens with one attached hydrogen (secondary N) is 1. The summed E-state index contributed by atoms with van der Waals surface area (Å²) in [6.45, 7) is 4.36. The Bertz CT molecular complexity index is 922. The minimum atomic E-state index is -0.0750. The van der Waals surface area contributed by atoms with Gasteiger partial charge in [-0.05, 0) is 67.1 Å². The molecular formula is C20H22N4O2S. The standard InChI is InChI=1S/C20H22N4O2S/c1-14-4-5-15(2)18(12-14)26-11-10-19(25)22-16-6-8-17(9-7-16)27-20-23-21-13-24(20)3/h4-9,12-13H,10-11H2,1-3H3,(H,22,25). The van der Waals surface area contributed by atoms with Crippen molar-refractivity contribution in [3.8, 4) is 5.75 Å². The third kappa shape index (κ3) is 5.34. The van der Waals surface area contributed by atoms with Crippen molar-refractivity contribution in [3.05, 3.63) is 59.9 Å². The van der Waals surface area contributed by atoms with Crippen LogP contribution in [0.4, 0.5) is 5.69 Å². The molecule has 140 valence electrons. The number of aryl methyl sites for hydroxylation is 3. The number of nitrogens with zero attached hydrogens (tertiary/aromatic N) is 3. The van der Waals surface area contributed by atoms with Crippen LogP contribution in [0.15, 0.2) is 58.8 Å². The van der Waals surface area contributed by atoms with Crippen molar-refractivity contribution in [3.63, 3.8) is 0 Å². The molecule has 27 heavy (non-hydrogen) atoms. The molecule has 1 amide bonds. The van der Waals surface area contributed by atoms with E-state index in [1.807, 2.05) is 67.9 Å². The van der Waals surface area contributed by atoms with Crippen molar-refractivity contribution < 1.29 is 9.53 Å². The van der Waals surface area contributed by atoms with Gasteiger partial charge in [0.25, 0.3) is 0 Å². The zero-order valence-electron chi connectivity index (χ0n) is 15.6. The first-order valence-electron chi connectivity index (χ1n) is 8.63. The molecule has 1 aromatic heterocycles. The molecule has 0 atom stereocenters. The molecule has 3 aromatic rings. The summed E-state index contributed by atoms with van der Waals surface area (Å²) in [6, 6.07) is 13.7. The van der Waals surface area contributed by atoms with Crippen molar-refractivity contribution in [2.45, 2.75) is 30.3 Å². The summed E-state index contributed by atoms with van der Waals surface area (Å²) in [4.78, 5) is 13.2. The van der Waals surface area contributed by atoms with E-state index in [1.165, 1.54) is 11.8 Å². The Labute approximate surface area is 163 Å². The molecule has 1 N–H and O–H groups in total. The molecule has 0 aliphatic rings. The first-order valence-corrected chi connectivity index (χ1v) is 9.45. The van der Waals surface area contributed by atoms with Crippen LogP contribution in [0.3, 0.4) is 0 Å². The number of carbonyl (C=O) groups excluding carboxylic acids is 1. The molecule has 3 rings (SSSR count). The van der Waals surface area contributed by atoms with Crippen molar-refractivity contribution >= 4 is 23.4 Å². The first-order chi connectivity index (χ1) is 13.0. The van der Waals surface area contributed by atoms with Gasteiger partial charge in [-0.2, -0.15) is 0 Å². The number of carbonyl (C=O) groups is 1. The molecule has 2 aromatic carbocycles. The normalized spacial score (nSPS) is 10.6. The second-order valence-corrected chi connectivity index (χ2v) is 7.31. The molecule has 1 heterocycles. The average Bonchev–Trinajstić information content (AvgIpc) is 3.04. The number of hydrogen-bond donors (Lipinski definition) is 1. The van der Waals surface area contributed by atoms with Crippen LogP contribution >= 0.6 is 11.8 Å². The highest BCUT2D eigenvalue weighted by Gasteiger charge is 2.07. The molecule has 0 saturated carbocycles. The van der Waals surface area contributed by atoms with Crippen molar-refractivity contribution in [2.75, 3.05) is 11.9 Å². The zero-order chi connectivity index (χ0) is 19.2. The highest BCUT2D eigenvalue weighted by atomic mass is 32.2. The van der Waals surface area contributed by atoms with Gasteiger partial charge >= 0.3 is 0 Å². The van der Waals surface area contributed by atoms with Gasteiger partial charge in [0.05, 0.1) is 13.0 Å². The number of anilines is 1. The van der Waals surface area contributed by atoms with E-state index in [0.29, 0.717) is 13.0 Å². The van der Waals surface area contributed by atoms with E-state index in [-0.39, 0.29) is 5.91 Å². The highest BCUT2D eigenvalue weighted by Crippen LogP contribution is 2.26. The Kier molecular flexibility index (Phi) is 6.13. The van der Waals surface area contributed by atoms with Crippen LogP contribution < -0.4 is 10.1 Å². The third-order valence-corrected chi connectivity index (χ3v) is 5.01. The number of hydrogen-bond acceptors (Lipinski definition) is 5. The fourth-order valence-corrected chi connectivity index (χ4v) is 3.18. The predicted octanol–water partition coefficient (Wildman–Crippen LogP) is 3.99. The Morgan fingerprint density at radius 3 is 2.67 bits per heavy atom. The lowest BCUT2D eigenvalue weighted by Crippen LogP contribution is -2.15. The van der Waals surface area contributed by atoms with Crippen LogP contribution in [0.2, 0.25) is 0 Å². The number of aromatic nitrogens is 3. The van der Waals surface area contributed by atoms with Crippen LogP contribution in [-0.2, 0) is 11.8 Å². The van der Waals surface area contributed by atoms with E-state index in [0.717, 1.165) is 32.6 Å². The molecule has 0 radical (unpaired) electrons. The maximum absolute atomic E-state index is 12.1. The van der Waals surface area contributed by atoms with Crippen LogP contribution in [0.1, 0.15) is 17.5 Å². The van der Waals surface area contributed by atoms with Crippen LogP contribution in [0, 0.1) is 13.8 Å². The Morgan fingerprint density at radius 1 is 1.19 bits per heavy atom. The quantitative estimate of drug-likeness (QED) is 0.669. The fraction of sp³-hybridized carbons (Fsp3) is 0.250. The molecule has 0 bridgehead atoms. The molecule has 0 saturated heterocycles. The molecular weight excluding hydrogens is 360 g/mol. The second-order valence-electron chi connectivity index (χ2n) is 6.27. The van der Waals surface area contributed by atoms with E-state index in [4.69, 9.17) is 4.74 Å². The number of benzene rings is 2. The molecule has 0 spiro atoms. The van der Waals surface area contributed by atoms with Crippen LogP contribution in [-0.4, -0.2) is 27.3 Å². The lowest BCUT2D eigenvalue weighted by atomic mass is 10.1. The summed E-state index contributed by atoms with van der Waals surface area (Å²) in [7, 11) is 1.90. The second kappa shape index (κ2) is 8.73. The first kappa shape index (κ1) is 19.0. The maximum atomic E-state index is 12.1. The van der Waals surface area contributed by atoms with E-state index < -0.39 is 0 Å². The van der Waals surface area contributed by atoms with Gasteiger partial charge < -0.3 is 14.6 Å². The zero-order valence-corrected chi connectivity index (χ0v) is 16.4. The SMILES string of the molecule is Cc1ccc(C)c(OCCC(=O)Nc2ccc(Sc3nncn3C)cc2)c1. The van der Waals surface area contributed by atoms with E-state index in [9.17, 15) is 4.79 Å². The van der Waals surface area contributed by atoms with Gasteiger partial charge in [0.1, 0.15) is 12.1 Å². The molecule has 7 heteroatoms. The Morgan fingerprint density at radius 2 is 1.96 bits per heavy atom. The summed E-state index contributed by atoms with van der Waals surface area (Å²) >= 11 is 1.52. The lowest BCUT2D eigenvalue weighted by molar-refractivity contribution is -0.116. The molecule has 0 fully saturated rings. The molecule has 0 aliphatic heterocycles. The number of amides is 1. The van der Waals surface area contributed by atoms with E-state index in [1.54, 1.807) is 6.33 Å². The van der Waals surface area contributed by atoms with Gasteiger partial charge in [-0.1, -0.05) is 12.1 Å². The molecule has 0 aliphatic carbocycles. The fourth-order valence-electron chi connectivity index (χ4n) is 2.42.